The van der Waals surface area contributed by atoms with Gasteiger partial charge in [-0.3, -0.25) is 0 Å². The van der Waals surface area contributed by atoms with E-state index in [0.29, 0.717) is 6.42 Å². The van der Waals surface area contributed by atoms with Crippen molar-refractivity contribution < 1.29 is 21.6 Å². The smallest absolute Gasteiger partial charge is 0.238 e. The predicted octanol–water partition coefficient (Wildman–Crippen LogP) is 2.07. The molecule has 120 valence electrons. The Labute approximate surface area is 122 Å². The van der Waals surface area contributed by atoms with E-state index in [2.05, 4.69) is 14.7 Å². The molecule has 1 rings (SSSR count). The number of alkyl halides is 3. The van der Waals surface area contributed by atoms with Crippen molar-refractivity contribution in [2.75, 3.05) is 12.3 Å². The minimum atomic E-state index is -4.54. The molecule has 1 heterocycles. The first-order valence-corrected chi connectivity index (χ1v) is 8.18. The van der Waals surface area contributed by atoms with Gasteiger partial charge in [-0.05, 0) is 19.4 Å². The second-order valence-electron chi connectivity index (χ2n) is 4.63. The summed E-state index contributed by atoms with van der Waals surface area (Å²) in [4.78, 5) is 7.30. The summed E-state index contributed by atoms with van der Waals surface area (Å²) in [6.45, 7) is 3.29. The molecule has 0 amide bonds. The maximum atomic E-state index is 12.6. The van der Waals surface area contributed by atoms with Gasteiger partial charge in [0.2, 0.25) is 10.0 Å². The standard InChI is InChI=1S/C12H18F3N3O2S/c1-3-4-7-21(19,20)16-6-5-11-17-9(2)8-10(18-11)12(13,14)15/h8,16H,3-7H2,1-2H3. The van der Waals surface area contributed by atoms with Crippen molar-refractivity contribution in [3.63, 3.8) is 0 Å². The Hall–Kier alpha value is -1.22. The molecule has 0 spiro atoms. The van der Waals surface area contributed by atoms with Gasteiger partial charge >= 0.3 is 6.18 Å². The first-order chi connectivity index (χ1) is 9.64. The molecule has 0 aliphatic carbocycles. The molecule has 9 heteroatoms. The lowest BCUT2D eigenvalue weighted by atomic mass is 10.3. The maximum Gasteiger partial charge on any atom is 0.433 e. The minimum absolute atomic E-state index is 0.00593. The Bertz CT molecular complexity index is 574. The van der Waals surface area contributed by atoms with Crippen LogP contribution in [0.25, 0.3) is 0 Å². The summed E-state index contributed by atoms with van der Waals surface area (Å²) in [5, 5.41) is 0. The third kappa shape index (κ3) is 6.38. The van der Waals surface area contributed by atoms with Crippen LogP contribution >= 0.6 is 0 Å². The van der Waals surface area contributed by atoms with Crippen LogP contribution in [-0.4, -0.2) is 30.7 Å². The van der Waals surface area contributed by atoms with Gasteiger partial charge in [0.15, 0.2) is 0 Å². The minimum Gasteiger partial charge on any atom is -0.238 e. The number of aryl methyl sites for hydroxylation is 1. The van der Waals surface area contributed by atoms with E-state index in [0.717, 1.165) is 12.5 Å². The highest BCUT2D eigenvalue weighted by atomic mass is 32.2. The number of nitrogens with zero attached hydrogens (tertiary/aromatic N) is 2. The number of hydrogen-bond acceptors (Lipinski definition) is 4. The van der Waals surface area contributed by atoms with Crippen molar-refractivity contribution in [2.45, 2.75) is 39.3 Å². The van der Waals surface area contributed by atoms with E-state index in [-0.39, 0.29) is 30.2 Å². The van der Waals surface area contributed by atoms with Crippen LogP contribution in [-0.2, 0) is 22.6 Å². The van der Waals surface area contributed by atoms with Crippen LogP contribution in [0.1, 0.15) is 37.0 Å². The predicted molar refractivity (Wildman–Crippen MR) is 72.2 cm³/mol. The number of unbranched alkanes of at least 4 members (excludes halogenated alkanes) is 1. The monoisotopic (exact) mass is 325 g/mol. The molecule has 0 aliphatic rings. The fourth-order valence-corrected chi connectivity index (χ4v) is 2.84. The summed E-state index contributed by atoms with van der Waals surface area (Å²) < 4.78 is 63.2. The zero-order valence-corrected chi connectivity index (χ0v) is 12.7. The lowest BCUT2D eigenvalue weighted by molar-refractivity contribution is -0.141. The van der Waals surface area contributed by atoms with Crippen molar-refractivity contribution in [3.8, 4) is 0 Å². The summed E-state index contributed by atoms with van der Waals surface area (Å²) in [7, 11) is -3.39. The van der Waals surface area contributed by atoms with Gasteiger partial charge in [0.25, 0.3) is 0 Å². The Morgan fingerprint density at radius 1 is 1.29 bits per heavy atom. The van der Waals surface area contributed by atoms with Crippen LogP contribution < -0.4 is 4.72 Å². The second kappa shape index (κ2) is 7.17. The Morgan fingerprint density at radius 3 is 2.52 bits per heavy atom. The number of hydrogen-bond donors (Lipinski definition) is 1. The first kappa shape index (κ1) is 17.8. The van der Waals surface area contributed by atoms with Gasteiger partial charge in [-0.15, -0.1) is 0 Å². The molecule has 1 aromatic heterocycles. The molecule has 0 atom stereocenters. The fourth-order valence-electron chi connectivity index (χ4n) is 1.61. The lowest BCUT2D eigenvalue weighted by Crippen LogP contribution is -2.29. The molecule has 1 aromatic rings. The van der Waals surface area contributed by atoms with Crippen LogP contribution in [0.15, 0.2) is 6.07 Å². The van der Waals surface area contributed by atoms with E-state index in [4.69, 9.17) is 0 Å². The first-order valence-electron chi connectivity index (χ1n) is 6.53. The van der Waals surface area contributed by atoms with Crippen molar-refractivity contribution in [1.82, 2.24) is 14.7 Å². The van der Waals surface area contributed by atoms with E-state index < -0.39 is 21.9 Å². The number of aromatic nitrogens is 2. The van der Waals surface area contributed by atoms with E-state index in [1.807, 2.05) is 6.92 Å². The molecule has 21 heavy (non-hydrogen) atoms. The third-order valence-electron chi connectivity index (χ3n) is 2.63. The largest absolute Gasteiger partial charge is 0.433 e. The molecule has 0 saturated heterocycles. The third-order valence-corrected chi connectivity index (χ3v) is 4.10. The summed E-state index contributed by atoms with van der Waals surface area (Å²) in [5.74, 6) is -0.0214. The Kier molecular flexibility index (Phi) is 6.09. The van der Waals surface area contributed by atoms with E-state index in [9.17, 15) is 21.6 Å². The van der Waals surface area contributed by atoms with Crippen molar-refractivity contribution in [2.24, 2.45) is 0 Å². The molecular formula is C12H18F3N3O2S. The highest BCUT2D eigenvalue weighted by molar-refractivity contribution is 7.89. The summed E-state index contributed by atoms with van der Waals surface area (Å²) in [6, 6.07) is 0.856. The molecule has 5 nitrogen and oxygen atoms in total. The number of nitrogens with one attached hydrogen (secondary N) is 1. The van der Waals surface area contributed by atoms with Crippen LogP contribution in [0.3, 0.4) is 0 Å². The molecule has 0 radical (unpaired) electrons. The van der Waals surface area contributed by atoms with Crippen LogP contribution in [0, 0.1) is 6.92 Å². The summed E-state index contributed by atoms with van der Waals surface area (Å²) >= 11 is 0. The highest BCUT2D eigenvalue weighted by Crippen LogP contribution is 2.27. The Balaban J connectivity index is 2.66. The SMILES string of the molecule is CCCCS(=O)(=O)NCCc1nc(C)cc(C(F)(F)F)n1. The maximum absolute atomic E-state index is 12.6. The lowest BCUT2D eigenvalue weighted by Gasteiger charge is -2.09. The van der Waals surface area contributed by atoms with Gasteiger partial charge in [-0.1, -0.05) is 13.3 Å². The topological polar surface area (TPSA) is 72.0 Å². The summed E-state index contributed by atoms with van der Waals surface area (Å²) in [6.07, 6.45) is -3.25. The quantitative estimate of drug-likeness (QED) is 0.833. The second-order valence-corrected chi connectivity index (χ2v) is 6.55. The number of rotatable bonds is 7. The van der Waals surface area contributed by atoms with Gasteiger partial charge in [-0.25, -0.2) is 23.1 Å². The normalized spacial score (nSPS) is 12.6. The molecule has 0 saturated carbocycles. The van der Waals surface area contributed by atoms with E-state index in [1.165, 1.54) is 6.92 Å². The zero-order valence-electron chi connectivity index (χ0n) is 11.9. The highest BCUT2D eigenvalue weighted by Gasteiger charge is 2.33. The molecule has 0 unspecified atom stereocenters. The molecule has 0 fully saturated rings. The number of sulfonamides is 1. The van der Waals surface area contributed by atoms with Crippen molar-refractivity contribution >= 4 is 10.0 Å². The van der Waals surface area contributed by atoms with Gasteiger partial charge in [-0.2, -0.15) is 13.2 Å². The van der Waals surface area contributed by atoms with E-state index in [1.54, 1.807) is 0 Å². The van der Waals surface area contributed by atoms with Crippen LogP contribution in [0.5, 0.6) is 0 Å². The van der Waals surface area contributed by atoms with Crippen molar-refractivity contribution in [3.05, 3.63) is 23.3 Å². The number of halogens is 3. The van der Waals surface area contributed by atoms with Crippen molar-refractivity contribution in [1.29, 1.82) is 0 Å². The fraction of sp³-hybridized carbons (Fsp3) is 0.667. The van der Waals surface area contributed by atoms with Gasteiger partial charge < -0.3 is 0 Å². The molecule has 1 N–H and O–H groups in total. The molecular weight excluding hydrogens is 307 g/mol. The molecule has 0 bridgehead atoms. The zero-order chi connectivity index (χ0) is 16.1. The molecule has 0 aromatic carbocycles. The summed E-state index contributed by atoms with van der Waals surface area (Å²) in [5.41, 5.74) is -0.819. The van der Waals surface area contributed by atoms with E-state index >= 15 is 0 Å². The van der Waals surface area contributed by atoms with Gasteiger partial charge in [0.1, 0.15) is 11.5 Å². The Morgan fingerprint density at radius 2 is 1.95 bits per heavy atom. The average molecular weight is 325 g/mol. The molecule has 0 aliphatic heterocycles. The van der Waals surface area contributed by atoms with Crippen LogP contribution in [0.2, 0.25) is 0 Å². The van der Waals surface area contributed by atoms with Crippen LogP contribution in [0.4, 0.5) is 13.2 Å². The van der Waals surface area contributed by atoms with Gasteiger partial charge in [0, 0.05) is 18.7 Å². The average Bonchev–Trinajstić information content (AvgIpc) is 2.34. The van der Waals surface area contributed by atoms with Gasteiger partial charge in [0.05, 0.1) is 5.75 Å².